The van der Waals surface area contributed by atoms with Crippen molar-refractivity contribution in [2.45, 2.75) is 19.9 Å². The molecule has 2 saturated heterocycles. The largest absolute Gasteiger partial charge is 0.478 e. The fourth-order valence-electron chi connectivity index (χ4n) is 3.52. The molecule has 1 aromatic heterocycles. The van der Waals surface area contributed by atoms with E-state index < -0.39 is 0 Å². The lowest BCUT2D eigenvalue weighted by Crippen LogP contribution is -2.51. The van der Waals surface area contributed by atoms with Gasteiger partial charge in [-0.1, -0.05) is 6.07 Å². The van der Waals surface area contributed by atoms with Crippen LogP contribution in [0, 0.1) is 11.8 Å². The number of nitrogens with zero attached hydrogens (tertiary/aromatic N) is 2. The van der Waals surface area contributed by atoms with Gasteiger partial charge in [0.05, 0.1) is 31.7 Å². The molecule has 2 atom stereocenters. The summed E-state index contributed by atoms with van der Waals surface area (Å²) in [5.41, 5.74) is 0.845. The van der Waals surface area contributed by atoms with Crippen LogP contribution in [0.3, 0.4) is 0 Å². The van der Waals surface area contributed by atoms with E-state index in [2.05, 4.69) is 15.6 Å². The number of rotatable bonds is 6. The molecule has 2 amide bonds. The molecule has 8 nitrogen and oxygen atoms in total. The number of carbonyl (C=O) groups excluding carboxylic acids is 2. The smallest absolute Gasteiger partial charge is 0.227 e. The van der Waals surface area contributed by atoms with Gasteiger partial charge in [-0.25, -0.2) is 4.98 Å². The number of pyridine rings is 1. The van der Waals surface area contributed by atoms with Crippen LogP contribution in [0.15, 0.2) is 18.3 Å². The number of piperidine rings is 1. The van der Waals surface area contributed by atoms with Crippen molar-refractivity contribution in [1.29, 1.82) is 0 Å². The predicted octanol–water partition coefficient (Wildman–Crippen LogP) is 0.181. The molecule has 2 aliphatic heterocycles. The van der Waals surface area contributed by atoms with Crippen molar-refractivity contribution < 1.29 is 19.1 Å². The molecular weight excluding hydrogens is 348 g/mol. The first-order valence-corrected chi connectivity index (χ1v) is 9.60. The number of nitrogens with one attached hydrogen (secondary N) is 2. The molecular formula is C19H28N4O4. The predicted molar refractivity (Wildman–Crippen MR) is 99.1 cm³/mol. The number of hydrogen-bond acceptors (Lipinski definition) is 6. The van der Waals surface area contributed by atoms with Gasteiger partial charge in [-0.05, 0) is 19.4 Å². The van der Waals surface area contributed by atoms with Crippen molar-refractivity contribution in [3.63, 3.8) is 0 Å². The normalized spacial score (nSPS) is 22.9. The van der Waals surface area contributed by atoms with Gasteiger partial charge < -0.3 is 25.0 Å². The molecule has 3 heterocycles. The van der Waals surface area contributed by atoms with Gasteiger partial charge in [0.1, 0.15) is 0 Å². The molecule has 1 aromatic rings. The van der Waals surface area contributed by atoms with Gasteiger partial charge in [-0.3, -0.25) is 9.59 Å². The van der Waals surface area contributed by atoms with E-state index in [0.29, 0.717) is 64.8 Å². The average molecular weight is 376 g/mol. The highest BCUT2D eigenvalue weighted by atomic mass is 16.5. The molecule has 0 radical (unpaired) electrons. The molecule has 2 N–H and O–H groups in total. The van der Waals surface area contributed by atoms with Crippen molar-refractivity contribution in [3.8, 4) is 5.88 Å². The van der Waals surface area contributed by atoms with Crippen LogP contribution in [-0.2, 0) is 20.9 Å². The van der Waals surface area contributed by atoms with Crippen LogP contribution in [0.1, 0.15) is 18.9 Å². The van der Waals surface area contributed by atoms with Crippen molar-refractivity contribution >= 4 is 11.8 Å². The zero-order valence-electron chi connectivity index (χ0n) is 15.8. The van der Waals surface area contributed by atoms with E-state index in [9.17, 15) is 9.59 Å². The minimum absolute atomic E-state index is 0.0479. The van der Waals surface area contributed by atoms with Crippen molar-refractivity contribution in [2.75, 3.05) is 46.0 Å². The minimum atomic E-state index is -0.221. The van der Waals surface area contributed by atoms with Gasteiger partial charge in [-0.15, -0.1) is 0 Å². The van der Waals surface area contributed by atoms with E-state index in [1.807, 2.05) is 24.0 Å². The van der Waals surface area contributed by atoms with Gasteiger partial charge in [0.25, 0.3) is 0 Å². The van der Waals surface area contributed by atoms with Crippen LogP contribution in [0.25, 0.3) is 0 Å². The Morgan fingerprint density at radius 1 is 1.33 bits per heavy atom. The Hall–Kier alpha value is -2.19. The van der Waals surface area contributed by atoms with Crippen LogP contribution in [0.4, 0.5) is 0 Å². The maximum absolute atomic E-state index is 12.7. The van der Waals surface area contributed by atoms with E-state index in [0.717, 1.165) is 5.56 Å². The van der Waals surface area contributed by atoms with E-state index in [4.69, 9.17) is 9.47 Å². The fourth-order valence-corrected chi connectivity index (χ4v) is 3.52. The van der Waals surface area contributed by atoms with Crippen LogP contribution < -0.4 is 15.4 Å². The third kappa shape index (κ3) is 5.17. The third-order valence-corrected chi connectivity index (χ3v) is 4.98. The van der Waals surface area contributed by atoms with Crippen molar-refractivity contribution in [2.24, 2.45) is 11.8 Å². The molecule has 27 heavy (non-hydrogen) atoms. The topological polar surface area (TPSA) is 92.8 Å². The molecule has 0 aromatic carbocycles. The van der Waals surface area contributed by atoms with Gasteiger partial charge >= 0.3 is 0 Å². The number of ether oxygens (including phenoxy) is 2. The summed E-state index contributed by atoms with van der Waals surface area (Å²) in [6.07, 6.45) is 2.24. The molecule has 2 fully saturated rings. The molecule has 0 saturated carbocycles. The Kier molecular flexibility index (Phi) is 7.00. The van der Waals surface area contributed by atoms with Gasteiger partial charge in [0, 0.05) is 44.5 Å². The highest BCUT2D eigenvalue weighted by Gasteiger charge is 2.33. The first kappa shape index (κ1) is 19.6. The molecule has 148 valence electrons. The first-order valence-electron chi connectivity index (χ1n) is 9.60. The van der Waals surface area contributed by atoms with Gasteiger partial charge in [0.2, 0.25) is 17.7 Å². The zero-order chi connectivity index (χ0) is 19.1. The standard InChI is InChI=1S/C19H28N4O4/c1-2-27-18-14(4-3-5-21-18)13-22-17(24)15-10-16(12-20-11-15)19(25)23-6-8-26-9-7-23/h3-5,15-16,20H,2,6-13H2,1H3,(H,22,24)/t15-,16+/m1/s1. The summed E-state index contributed by atoms with van der Waals surface area (Å²) in [4.78, 5) is 31.4. The molecule has 3 rings (SSSR count). The Labute approximate surface area is 159 Å². The van der Waals surface area contributed by atoms with Crippen molar-refractivity contribution in [1.82, 2.24) is 20.5 Å². The summed E-state index contributed by atoms with van der Waals surface area (Å²) in [6.45, 7) is 6.43. The van der Waals surface area contributed by atoms with Crippen LogP contribution in [0.2, 0.25) is 0 Å². The number of carbonyl (C=O) groups is 2. The molecule has 2 aliphatic rings. The summed E-state index contributed by atoms with van der Waals surface area (Å²) in [7, 11) is 0. The maximum Gasteiger partial charge on any atom is 0.227 e. The summed E-state index contributed by atoms with van der Waals surface area (Å²) in [5, 5.41) is 6.20. The highest BCUT2D eigenvalue weighted by molar-refractivity contribution is 5.83. The molecule has 0 bridgehead atoms. The number of morpholine rings is 1. The number of aromatic nitrogens is 1. The van der Waals surface area contributed by atoms with Crippen LogP contribution in [0.5, 0.6) is 5.88 Å². The lowest BCUT2D eigenvalue weighted by atomic mass is 9.88. The Bertz CT molecular complexity index is 648. The van der Waals surface area contributed by atoms with Crippen LogP contribution in [-0.4, -0.2) is 67.7 Å². The lowest BCUT2D eigenvalue weighted by molar-refractivity contribution is -0.141. The third-order valence-electron chi connectivity index (χ3n) is 4.98. The van der Waals surface area contributed by atoms with E-state index >= 15 is 0 Å². The number of amides is 2. The Morgan fingerprint density at radius 2 is 2.11 bits per heavy atom. The summed E-state index contributed by atoms with van der Waals surface area (Å²) in [6, 6.07) is 3.71. The summed E-state index contributed by atoms with van der Waals surface area (Å²) in [5.74, 6) is 0.232. The Morgan fingerprint density at radius 3 is 2.89 bits per heavy atom. The minimum Gasteiger partial charge on any atom is -0.478 e. The second kappa shape index (κ2) is 9.66. The van der Waals surface area contributed by atoms with Crippen molar-refractivity contribution in [3.05, 3.63) is 23.9 Å². The summed E-state index contributed by atoms with van der Waals surface area (Å²) >= 11 is 0. The molecule has 0 spiro atoms. The monoisotopic (exact) mass is 376 g/mol. The number of hydrogen-bond donors (Lipinski definition) is 2. The SMILES string of the molecule is CCOc1ncccc1CNC(=O)[C@H]1CNC[C@@H](C(=O)N2CCOCC2)C1. The second-order valence-corrected chi connectivity index (χ2v) is 6.84. The van der Waals surface area contributed by atoms with Gasteiger partial charge in [0.15, 0.2) is 0 Å². The van der Waals surface area contributed by atoms with E-state index in [-0.39, 0.29) is 23.7 Å². The highest BCUT2D eigenvalue weighted by Crippen LogP contribution is 2.20. The zero-order valence-corrected chi connectivity index (χ0v) is 15.8. The van der Waals surface area contributed by atoms with Crippen LogP contribution >= 0.6 is 0 Å². The first-order chi connectivity index (χ1) is 13.2. The second-order valence-electron chi connectivity index (χ2n) is 6.84. The Balaban J connectivity index is 1.53. The average Bonchev–Trinajstić information content (AvgIpc) is 2.73. The molecule has 0 unspecified atom stereocenters. The maximum atomic E-state index is 12.7. The summed E-state index contributed by atoms with van der Waals surface area (Å²) < 4.78 is 10.8. The van der Waals surface area contributed by atoms with E-state index in [1.165, 1.54) is 0 Å². The van der Waals surface area contributed by atoms with E-state index in [1.54, 1.807) is 6.20 Å². The molecule has 8 heteroatoms. The quantitative estimate of drug-likeness (QED) is 0.736. The van der Waals surface area contributed by atoms with Gasteiger partial charge in [-0.2, -0.15) is 0 Å². The molecule has 0 aliphatic carbocycles. The lowest BCUT2D eigenvalue weighted by Gasteiger charge is -2.34. The fraction of sp³-hybridized carbons (Fsp3) is 0.632.